The van der Waals surface area contributed by atoms with Gasteiger partial charge < -0.3 is 20.3 Å². The quantitative estimate of drug-likeness (QED) is 0.123. The fourth-order valence-electron chi connectivity index (χ4n) is 6.65. The van der Waals surface area contributed by atoms with E-state index in [1.807, 2.05) is 29.7 Å². The zero-order valence-electron chi connectivity index (χ0n) is 27.8. The van der Waals surface area contributed by atoms with Crippen LogP contribution in [0.3, 0.4) is 0 Å². The average molecular weight is 702 g/mol. The van der Waals surface area contributed by atoms with Gasteiger partial charge in [-0.1, -0.05) is 31.7 Å². The second-order valence-corrected chi connectivity index (χ2v) is 13.8. The number of carbonyl (C=O) groups excluding carboxylic acids is 1. The van der Waals surface area contributed by atoms with Gasteiger partial charge in [0.2, 0.25) is 5.91 Å². The van der Waals surface area contributed by atoms with Crippen molar-refractivity contribution in [3.8, 4) is 6.07 Å². The van der Waals surface area contributed by atoms with Gasteiger partial charge in [0.05, 0.1) is 24.5 Å². The van der Waals surface area contributed by atoms with E-state index < -0.39 is 18.7 Å². The first-order valence-electron chi connectivity index (χ1n) is 16.5. The lowest BCUT2D eigenvalue weighted by Gasteiger charge is -2.33. The number of nitrogens with one attached hydrogen (secondary N) is 2. The number of halogens is 3. The highest BCUT2D eigenvalue weighted by atomic mass is 32.1. The number of piperidine rings is 1. The van der Waals surface area contributed by atoms with Crippen molar-refractivity contribution in [3.05, 3.63) is 94.3 Å². The highest BCUT2D eigenvalue weighted by Crippen LogP contribution is 2.34. The van der Waals surface area contributed by atoms with E-state index in [1.54, 1.807) is 18.2 Å². The van der Waals surface area contributed by atoms with E-state index in [4.69, 9.17) is 0 Å². The summed E-state index contributed by atoms with van der Waals surface area (Å²) >= 11 is 1.05. The van der Waals surface area contributed by atoms with Crippen molar-refractivity contribution in [2.75, 3.05) is 23.7 Å². The molecule has 1 atom stereocenters. The first-order chi connectivity index (χ1) is 24.0. The highest BCUT2D eigenvalue weighted by Gasteiger charge is 2.29. The topological polar surface area (TPSA) is 119 Å². The van der Waals surface area contributed by atoms with Gasteiger partial charge in [-0.05, 0) is 78.8 Å². The van der Waals surface area contributed by atoms with Gasteiger partial charge in [-0.15, -0.1) is 11.3 Å². The van der Waals surface area contributed by atoms with E-state index in [1.165, 1.54) is 12.4 Å². The Hall–Kier alpha value is -4.77. The van der Waals surface area contributed by atoms with E-state index in [2.05, 4.69) is 51.1 Å². The van der Waals surface area contributed by atoms with Crippen molar-refractivity contribution in [2.24, 2.45) is 0 Å². The molecule has 0 spiro atoms. The van der Waals surface area contributed by atoms with Gasteiger partial charge in [0, 0.05) is 47.1 Å². The molecule has 0 bridgehead atoms. The molecule has 2 aromatic carbocycles. The van der Waals surface area contributed by atoms with Crippen molar-refractivity contribution in [2.45, 2.75) is 70.9 Å². The molecule has 9 nitrogen and oxygen atoms in total. The number of thiophene rings is 1. The van der Waals surface area contributed by atoms with Crippen molar-refractivity contribution < 1.29 is 23.1 Å². The lowest BCUT2D eigenvalue weighted by Crippen LogP contribution is -2.39. The van der Waals surface area contributed by atoms with Crippen LogP contribution in [0.25, 0.3) is 21.1 Å². The predicted octanol–water partition coefficient (Wildman–Crippen LogP) is 7.43. The summed E-state index contributed by atoms with van der Waals surface area (Å²) in [4.78, 5) is 23.5. The number of aliphatic hydroxyl groups is 1. The van der Waals surface area contributed by atoms with Crippen LogP contribution in [0.5, 0.6) is 0 Å². The molecule has 1 saturated heterocycles. The number of alkyl halides is 3. The molecule has 0 aliphatic carbocycles. The summed E-state index contributed by atoms with van der Waals surface area (Å²) in [6, 6.07) is 15.4. The number of hydrogen-bond acceptors (Lipinski definition) is 8. The monoisotopic (exact) mass is 701 g/mol. The first kappa shape index (κ1) is 35.1. The Balaban J connectivity index is 1.12. The van der Waals surface area contributed by atoms with E-state index in [9.17, 15) is 28.3 Å². The summed E-state index contributed by atoms with van der Waals surface area (Å²) < 4.78 is 40.7. The van der Waals surface area contributed by atoms with Crippen LogP contribution >= 0.6 is 11.3 Å². The zero-order chi connectivity index (χ0) is 35.6. The number of amides is 1. The van der Waals surface area contributed by atoms with E-state index >= 15 is 0 Å². The van der Waals surface area contributed by atoms with Crippen molar-refractivity contribution in [1.82, 2.24) is 19.4 Å². The Morgan fingerprint density at radius 2 is 1.94 bits per heavy atom. The summed E-state index contributed by atoms with van der Waals surface area (Å²) in [6.07, 6.45) is -1.16. The molecule has 1 aliphatic rings. The average Bonchev–Trinajstić information content (AvgIpc) is 3.67. The smallest absolute Gasteiger partial charge is 0.387 e. The lowest BCUT2D eigenvalue weighted by molar-refractivity contribution is -0.126. The Morgan fingerprint density at radius 1 is 1.16 bits per heavy atom. The fraction of sp³-hybridized carbons (Fsp3) is 0.351. The van der Waals surface area contributed by atoms with Gasteiger partial charge in [0.25, 0.3) is 0 Å². The largest absolute Gasteiger partial charge is 0.393 e. The summed E-state index contributed by atoms with van der Waals surface area (Å²) in [6.45, 7) is 10.1. The second-order valence-electron chi connectivity index (χ2n) is 12.7. The zero-order valence-corrected chi connectivity index (χ0v) is 28.7. The summed E-state index contributed by atoms with van der Waals surface area (Å²) in [7, 11) is 0. The summed E-state index contributed by atoms with van der Waals surface area (Å²) in [5.41, 5.74) is 5.84. The number of aromatic nitrogens is 3. The standard InChI is InChI=1S/C37H38F3N7O2S/c1-4-23-14-24(6-8-31(23)45-34(49)5-2)33(48)20-47-27(18-41)15-29-22(3)25(7-9-32(29)47)19-46-12-10-26(11-13-46)44-35-30-16-28(17-37(38,39)40)50-36(30)43-21-42-35/h5-9,14-16,21,26,33,48H,2,4,10-13,17,19-20H2,1,3H3,(H,45,49)(H,42,43,44). The third-order valence-corrected chi connectivity index (χ3v) is 10.4. The fourth-order valence-corrected chi connectivity index (χ4v) is 7.68. The molecule has 3 aromatic heterocycles. The van der Waals surface area contributed by atoms with Crippen LogP contribution in [0.1, 0.15) is 58.7 Å². The Bertz CT molecular complexity index is 2090. The Kier molecular flexibility index (Phi) is 10.2. The second kappa shape index (κ2) is 14.6. The lowest BCUT2D eigenvalue weighted by atomic mass is 10.0. The number of benzene rings is 2. The van der Waals surface area contributed by atoms with Crippen LogP contribution in [0.15, 0.2) is 61.4 Å². The van der Waals surface area contributed by atoms with Crippen molar-refractivity contribution >= 4 is 49.9 Å². The van der Waals surface area contributed by atoms with Crippen LogP contribution in [0, 0.1) is 18.3 Å². The van der Waals surface area contributed by atoms with Crippen LogP contribution in [-0.2, 0) is 30.7 Å². The number of nitriles is 1. The van der Waals surface area contributed by atoms with Crippen LogP contribution in [-0.4, -0.2) is 55.8 Å². The molecule has 4 heterocycles. The maximum Gasteiger partial charge on any atom is 0.393 e. The number of hydrogen-bond donors (Lipinski definition) is 3. The molecule has 0 saturated carbocycles. The third-order valence-electron chi connectivity index (χ3n) is 9.35. The van der Waals surface area contributed by atoms with Crippen molar-refractivity contribution in [1.29, 1.82) is 5.26 Å². The first-order valence-corrected chi connectivity index (χ1v) is 17.3. The maximum absolute atomic E-state index is 13.0. The van der Waals surface area contributed by atoms with Gasteiger partial charge in [-0.25, -0.2) is 9.97 Å². The number of aliphatic hydroxyl groups excluding tert-OH is 1. The molecule has 50 heavy (non-hydrogen) atoms. The van der Waals surface area contributed by atoms with Crippen LogP contribution in [0.2, 0.25) is 0 Å². The minimum Gasteiger partial charge on any atom is -0.387 e. The Morgan fingerprint density at radius 3 is 2.64 bits per heavy atom. The number of carbonyl (C=O) groups is 1. The minimum atomic E-state index is -4.27. The molecular weight excluding hydrogens is 664 g/mol. The van der Waals surface area contributed by atoms with Gasteiger partial charge >= 0.3 is 6.18 Å². The Labute approximate surface area is 292 Å². The maximum atomic E-state index is 13.0. The number of fused-ring (bicyclic) bond motifs is 2. The van der Waals surface area contributed by atoms with E-state index in [-0.39, 0.29) is 23.4 Å². The molecule has 260 valence electrons. The SMILES string of the molecule is C=CC(=O)Nc1ccc(C(O)Cn2c(C#N)cc3c(C)c(CN4CCC(Nc5ncnc6sc(CC(F)(F)F)cc56)CC4)ccc32)cc1CC. The molecule has 1 aliphatic heterocycles. The van der Waals surface area contributed by atoms with Gasteiger partial charge in [0.1, 0.15) is 28.7 Å². The highest BCUT2D eigenvalue weighted by molar-refractivity contribution is 7.18. The molecule has 6 rings (SSSR count). The molecular formula is C37H38F3N7O2S. The van der Waals surface area contributed by atoms with Gasteiger partial charge in [-0.2, -0.15) is 18.4 Å². The molecule has 0 radical (unpaired) electrons. The summed E-state index contributed by atoms with van der Waals surface area (Å²) in [5, 5.41) is 29.1. The van der Waals surface area contributed by atoms with E-state index in [0.29, 0.717) is 39.4 Å². The molecule has 1 unspecified atom stereocenters. The number of nitrogens with zero attached hydrogens (tertiary/aromatic N) is 5. The molecule has 1 amide bonds. The number of likely N-dealkylation sites (tertiary alicyclic amines) is 1. The molecule has 13 heteroatoms. The number of aryl methyl sites for hydroxylation is 2. The normalized spacial score (nSPS) is 14.9. The van der Waals surface area contributed by atoms with Gasteiger partial charge in [0.15, 0.2) is 0 Å². The molecule has 3 N–H and O–H groups in total. The molecule has 5 aromatic rings. The van der Waals surface area contributed by atoms with Crippen molar-refractivity contribution in [3.63, 3.8) is 0 Å². The van der Waals surface area contributed by atoms with E-state index in [0.717, 1.165) is 71.4 Å². The minimum absolute atomic E-state index is 0.132. The molecule has 1 fully saturated rings. The third kappa shape index (κ3) is 7.67. The summed E-state index contributed by atoms with van der Waals surface area (Å²) in [5.74, 6) is 0.272. The predicted molar refractivity (Wildman–Crippen MR) is 190 cm³/mol. The number of rotatable bonds is 11. The van der Waals surface area contributed by atoms with Crippen LogP contribution < -0.4 is 10.6 Å². The van der Waals surface area contributed by atoms with Gasteiger partial charge in [-0.3, -0.25) is 9.69 Å². The number of anilines is 2. The van der Waals surface area contributed by atoms with Crippen LogP contribution in [0.4, 0.5) is 24.7 Å².